The summed E-state index contributed by atoms with van der Waals surface area (Å²) in [5, 5.41) is 9.22. The van der Waals surface area contributed by atoms with Gasteiger partial charge in [0.05, 0.1) is 19.1 Å². The number of hydrogen-bond acceptors (Lipinski definition) is 4. The maximum absolute atomic E-state index is 11.2. The fourth-order valence-corrected chi connectivity index (χ4v) is 2.91. The van der Waals surface area contributed by atoms with Gasteiger partial charge in [0.25, 0.3) is 0 Å². The first kappa shape index (κ1) is 16.3. The number of likely N-dealkylation sites (N-methyl/N-ethyl adjacent to an activating group) is 1. The Hall–Kier alpha value is -1.11. The van der Waals surface area contributed by atoms with E-state index in [4.69, 9.17) is 9.47 Å². The Labute approximate surface area is 133 Å². The van der Waals surface area contributed by atoms with Crippen LogP contribution in [0.25, 0.3) is 0 Å². The van der Waals surface area contributed by atoms with Crippen LogP contribution in [0.1, 0.15) is 6.92 Å². The Kier molecular flexibility index (Phi) is 6.02. The summed E-state index contributed by atoms with van der Waals surface area (Å²) in [5.41, 5.74) is 0. The molecular weight excluding hydrogens is 338 g/mol. The summed E-state index contributed by atoms with van der Waals surface area (Å²) in [6.45, 7) is 4.77. The van der Waals surface area contributed by atoms with Crippen LogP contribution in [0.2, 0.25) is 0 Å². The van der Waals surface area contributed by atoms with Gasteiger partial charge in [-0.1, -0.05) is 28.9 Å². The first-order valence-electron chi connectivity index (χ1n) is 7.04. The zero-order valence-corrected chi connectivity index (χ0v) is 13.6. The maximum atomic E-state index is 11.2. The molecule has 1 fully saturated rings. The van der Waals surface area contributed by atoms with Gasteiger partial charge in [0, 0.05) is 17.1 Å². The smallest absolute Gasteiger partial charge is 0.310 e. The Morgan fingerprint density at radius 3 is 3.00 bits per heavy atom. The molecule has 0 radical (unpaired) electrons. The molecule has 1 heterocycles. The summed E-state index contributed by atoms with van der Waals surface area (Å²) >= 11 is 3.40. The van der Waals surface area contributed by atoms with Crippen molar-refractivity contribution in [1.29, 1.82) is 0 Å². The van der Waals surface area contributed by atoms with Crippen molar-refractivity contribution >= 4 is 21.9 Å². The lowest BCUT2D eigenvalue weighted by Gasteiger charge is -2.28. The number of rotatable bonds is 7. The van der Waals surface area contributed by atoms with Gasteiger partial charge in [0.15, 0.2) is 0 Å². The molecule has 2 atom stereocenters. The van der Waals surface area contributed by atoms with Crippen LogP contribution in [-0.4, -0.2) is 54.9 Å². The monoisotopic (exact) mass is 357 g/mol. The second-order valence-electron chi connectivity index (χ2n) is 4.98. The molecule has 0 spiro atoms. The lowest BCUT2D eigenvalue weighted by molar-refractivity contribution is -0.143. The Morgan fingerprint density at radius 2 is 2.33 bits per heavy atom. The number of ether oxygens (including phenoxy) is 2. The van der Waals surface area contributed by atoms with E-state index < -0.39 is 11.9 Å². The van der Waals surface area contributed by atoms with E-state index in [9.17, 15) is 9.90 Å². The largest absolute Gasteiger partial charge is 0.492 e. The molecule has 0 bridgehead atoms. The van der Waals surface area contributed by atoms with Gasteiger partial charge in [-0.3, -0.25) is 9.69 Å². The van der Waals surface area contributed by atoms with E-state index in [-0.39, 0.29) is 6.04 Å². The molecule has 0 amide bonds. The highest BCUT2D eigenvalue weighted by Crippen LogP contribution is 2.21. The molecule has 0 saturated carbocycles. The Balaban J connectivity index is 1.86. The van der Waals surface area contributed by atoms with Gasteiger partial charge in [-0.2, -0.15) is 0 Å². The van der Waals surface area contributed by atoms with E-state index in [1.807, 2.05) is 31.2 Å². The second-order valence-corrected chi connectivity index (χ2v) is 5.90. The van der Waals surface area contributed by atoms with Crippen LogP contribution in [0.3, 0.4) is 0 Å². The SMILES string of the molecule is CCN(CCOc1cccc(Br)c1)C1COCC1C(=O)O. The number of nitrogens with zero attached hydrogens (tertiary/aromatic N) is 1. The minimum absolute atomic E-state index is 0.0707. The van der Waals surface area contributed by atoms with Gasteiger partial charge in [-0.15, -0.1) is 0 Å². The lowest BCUT2D eigenvalue weighted by atomic mass is 10.0. The quantitative estimate of drug-likeness (QED) is 0.810. The van der Waals surface area contributed by atoms with Gasteiger partial charge >= 0.3 is 5.97 Å². The van der Waals surface area contributed by atoms with Crippen molar-refractivity contribution in [3.05, 3.63) is 28.7 Å². The molecule has 1 N–H and O–H groups in total. The highest BCUT2D eigenvalue weighted by molar-refractivity contribution is 9.10. The third-order valence-corrected chi connectivity index (χ3v) is 4.18. The average Bonchev–Trinajstić information content (AvgIpc) is 2.93. The van der Waals surface area contributed by atoms with Crippen LogP contribution in [0.15, 0.2) is 28.7 Å². The molecule has 0 aliphatic carbocycles. The van der Waals surface area contributed by atoms with Crippen LogP contribution >= 0.6 is 15.9 Å². The zero-order valence-electron chi connectivity index (χ0n) is 12.0. The summed E-state index contributed by atoms with van der Waals surface area (Å²) < 4.78 is 12.0. The van der Waals surface area contributed by atoms with E-state index in [1.165, 1.54) is 0 Å². The first-order chi connectivity index (χ1) is 10.1. The van der Waals surface area contributed by atoms with Gasteiger partial charge < -0.3 is 14.6 Å². The fourth-order valence-electron chi connectivity index (χ4n) is 2.53. The van der Waals surface area contributed by atoms with Gasteiger partial charge in [0.2, 0.25) is 0 Å². The van der Waals surface area contributed by atoms with E-state index in [2.05, 4.69) is 20.8 Å². The van der Waals surface area contributed by atoms with E-state index in [0.29, 0.717) is 26.4 Å². The van der Waals surface area contributed by atoms with E-state index >= 15 is 0 Å². The fraction of sp³-hybridized carbons (Fsp3) is 0.533. The lowest BCUT2D eigenvalue weighted by Crippen LogP contribution is -2.44. The van der Waals surface area contributed by atoms with Crippen LogP contribution in [0.5, 0.6) is 5.75 Å². The number of benzene rings is 1. The Bertz CT molecular complexity index is 482. The van der Waals surface area contributed by atoms with Crippen molar-refractivity contribution in [3.8, 4) is 5.75 Å². The molecule has 2 unspecified atom stereocenters. The number of hydrogen-bond donors (Lipinski definition) is 1. The zero-order chi connectivity index (χ0) is 15.2. The molecule has 116 valence electrons. The minimum atomic E-state index is -0.788. The van der Waals surface area contributed by atoms with Crippen LogP contribution in [0, 0.1) is 5.92 Å². The van der Waals surface area contributed by atoms with Crippen molar-refractivity contribution in [3.63, 3.8) is 0 Å². The molecule has 6 heteroatoms. The van der Waals surface area contributed by atoms with E-state index in [0.717, 1.165) is 16.8 Å². The number of halogens is 1. The topological polar surface area (TPSA) is 59.0 Å². The maximum Gasteiger partial charge on any atom is 0.310 e. The molecule has 21 heavy (non-hydrogen) atoms. The molecule has 1 aromatic rings. The summed E-state index contributed by atoms with van der Waals surface area (Å²) in [7, 11) is 0. The number of carboxylic acid groups (broad SMARTS) is 1. The van der Waals surface area contributed by atoms with Crippen molar-refractivity contribution in [2.45, 2.75) is 13.0 Å². The van der Waals surface area contributed by atoms with Crippen molar-refractivity contribution in [2.24, 2.45) is 5.92 Å². The number of carboxylic acids is 1. The molecular formula is C15H20BrNO4. The van der Waals surface area contributed by atoms with Gasteiger partial charge in [-0.25, -0.2) is 0 Å². The molecule has 0 aromatic heterocycles. The van der Waals surface area contributed by atoms with Crippen LogP contribution in [0.4, 0.5) is 0 Å². The van der Waals surface area contributed by atoms with E-state index in [1.54, 1.807) is 0 Å². The summed E-state index contributed by atoms with van der Waals surface area (Å²) in [4.78, 5) is 13.3. The minimum Gasteiger partial charge on any atom is -0.492 e. The van der Waals surface area contributed by atoms with Crippen LogP contribution < -0.4 is 4.74 Å². The predicted octanol–water partition coefficient (Wildman–Crippen LogP) is 2.25. The van der Waals surface area contributed by atoms with Crippen LogP contribution in [-0.2, 0) is 9.53 Å². The summed E-state index contributed by atoms with van der Waals surface area (Å²) in [5.74, 6) is -0.433. The molecule has 1 saturated heterocycles. The normalized spacial score (nSPS) is 21.7. The highest BCUT2D eigenvalue weighted by atomic mass is 79.9. The molecule has 5 nitrogen and oxygen atoms in total. The first-order valence-corrected chi connectivity index (χ1v) is 7.84. The van der Waals surface area contributed by atoms with Gasteiger partial charge in [0.1, 0.15) is 12.4 Å². The van der Waals surface area contributed by atoms with Crippen molar-refractivity contribution in [1.82, 2.24) is 4.90 Å². The second kappa shape index (κ2) is 7.77. The van der Waals surface area contributed by atoms with Crippen molar-refractivity contribution < 1.29 is 19.4 Å². The molecule has 1 aromatic carbocycles. The third kappa shape index (κ3) is 4.43. The molecule has 2 rings (SSSR count). The average molecular weight is 358 g/mol. The summed E-state index contributed by atoms with van der Waals surface area (Å²) in [6.07, 6.45) is 0. The third-order valence-electron chi connectivity index (χ3n) is 3.69. The number of aliphatic carboxylic acids is 1. The standard InChI is InChI=1S/C15H20BrNO4/c1-2-17(14-10-20-9-13(14)15(18)19)6-7-21-12-5-3-4-11(16)8-12/h3-5,8,13-14H,2,6-7,9-10H2,1H3,(H,18,19). The predicted molar refractivity (Wildman–Crippen MR) is 82.6 cm³/mol. The van der Waals surface area contributed by atoms with Crippen molar-refractivity contribution in [2.75, 3.05) is 32.9 Å². The summed E-state index contributed by atoms with van der Waals surface area (Å²) in [6, 6.07) is 7.61. The molecule has 1 aliphatic rings. The number of carbonyl (C=O) groups is 1. The highest BCUT2D eigenvalue weighted by Gasteiger charge is 2.37. The molecule has 1 aliphatic heterocycles. The Morgan fingerprint density at radius 1 is 1.52 bits per heavy atom. The van der Waals surface area contributed by atoms with Gasteiger partial charge in [-0.05, 0) is 24.7 Å².